The first-order valence-electron chi connectivity index (χ1n) is 11.1. The Morgan fingerprint density at radius 2 is 1.74 bits per heavy atom. The molecule has 0 unspecified atom stereocenters. The Morgan fingerprint density at radius 3 is 2.56 bits per heavy atom. The molecule has 2 aromatic carbocycles. The zero-order valence-corrected chi connectivity index (χ0v) is 18.7. The number of rotatable bonds is 8. The van der Waals surface area contributed by atoms with E-state index in [1.165, 1.54) is 0 Å². The van der Waals surface area contributed by atoms with Crippen molar-refractivity contribution in [3.63, 3.8) is 0 Å². The third-order valence-electron chi connectivity index (χ3n) is 5.87. The molecular formula is C25H26N4O5. The summed E-state index contributed by atoms with van der Waals surface area (Å²) in [5.74, 6) is 1.65. The minimum atomic E-state index is -0.254. The fraction of sp³-hybridized carbons (Fsp3) is 0.320. The van der Waals surface area contributed by atoms with Gasteiger partial charge in [-0.05, 0) is 30.3 Å². The summed E-state index contributed by atoms with van der Waals surface area (Å²) in [6.07, 6.45) is 1.23. The van der Waals surface area contributed by atoms with Crippen molar-refractivity contribution < 1.29 is 23.7 Å². The average Bonchev–Trinajstić information content (AvgIpc) is 3.47. The highest BCUT2D eigenvalue weighted by atomic mass is 16.6. The first-order valence-corrected chi connectivity index (χ1v) is 11.1. The SMILES string of the molecule is COc1ccccc1-c1ccnc(N[C@@H]2CO[C@@H]3[C@@H]2OC[C@@H]3NC(=O)COc2ccccc2)n1. The molecule has 2 aliphatic heterocycles. The Labute approximate surface area is 197 Å². The van der Waals surface area contributed by atoms with Gasteiger partial charge in [-0.3, -0.25) is 4.79 Å². The molecule has 3 heterocycles. The molecule has 0 aliphatic carbocycles. The van der Waals surface area contributed by atoms with Crippen LogP contribution >= 0.6 is 0 Å². The smallest absolute Gasteiger partial charge is 0.258 e. The van der Waals surface area contributed by atoms with E-state index in [4.69, 9.17) is 18.9 Å². The van der Waals surface area contributed by atoms with E-state index in [2.05, 4.69) is 20.6 Å². The van der Waals surface area contributed by atoms with Crippen molar-refractivity contribution in [1.29, 1.82) is 0 Å². The van der Waals surface area contributed by atoms with Gasteiger partial charge in [0.25, 0.3) is 5.91 Å². The van der Waals surface area contributed by atoms with Crippen LogP contribution in [-0.4, -0.2) is 67.1 Å². The molecule has 34 heavy (non-hydrogen) atoms. The van der Waals surface area contributed by atoms with Crippen molar-refractivity contribution in [3.8, 4) is 22.8 Å². The predicted molar refractivity (Wildman–Crippen MR) is 125 cm³/mol. The van der Waals surface area contributed by atoms with Crippen molar-refractivity contribution in [1.82, 2.24) is 15.3 Å². The Hall–Kier alpha value is -3.69. The van der Waals surface area contributed by atoms with E-state index in [1.807, 2.05) is 60.7 Å². The lowest BCUT2D eigenvalue weighted by Gasteiger charge is -2.18. The summed E-state index contributed by atoms with van der Waals surface area (Å²) < 4.78 is 22.9. The molecule has 4 atom stereocenters. The summed E-state index contributed by atoms with van der Waals surface area (Å²) in [6.45, 7) is 0.723. The lowest BCUT2D eigenvalue weighted by Crippen LogP contribution is -2.46. The molecule has 0 radical (unpaired) electrons. The number of nitrogens with one attached hydrogen (secondary N) is 2. The van der Waals surface area contributed by atoms with Crippen LogP contribution in [-0.2, 0) is 14.3 Å². The van der Waals surface area contributed by atoms with Crippen LogP contribution in [0.5, 0.6) is 11.5 Å². The largest absolute Gasteiger partial charge is 0.496 e. The Balaban J connectivity index is 1.18. The van der Waals surface area contributed by atoms with Gasteiger partial charge >= 0.3 is 0 Å². The highest BCUT2D eigenvalue weighted by Crippen LogP contribution is 2.30. The molecule has 1 amide bonds. The quantitative estimate of drug-likeness (QED) is 0.526. The number of hydrogen-bond donors (Lipinski definition) is 2. The number of amides is 1. The monoisotopic (exact) mass is 462 g/mol. The third-order valence-corrected chi connectivity index (χ3v) is 5.87. The molecule has 5 rings (SSSR count). The summed E-state index contributed by atoms with van der Waals surface area (Å²) in [4.78, 5) is 21.4. The maximum Gasteiger partial charge on any atom is 0.258 e. The van der Waals surface area contributed by atoms with E-state index >= 15 is 0 Å². The second-order valence-corrected chi connectivity index (χ2v) is 8.09. The van der Waals surface area contributed by atoms with E-state index in [9.17, 15) is 4.79 Å². The molecule has 0 saturated carbocycles. The van der Waals surface area contributed by atoms with Crippen LogP contribution in [0.2, 0.25) is 0 Å². The fourth-order valence-electron chi connectivity index (χ4n) is 4.26. The number of benzene rings is 2. The number of anilines is 1. The van der Waals surface area contributed by atoms with E-state index < -0.39 is 0 Å². The molecule has 3 aromatic rings. The zero-order valence-electron chi connectivity index (χ0n) is 18.7. The van der Waals surface area contributed by atoms with Crippen LogP contribution in [0.25, 0.3) is 11.3 Å². The van der Waals surface area contributed by atoms with Gasteiger partial charge in [0.2, 0.25) is 5.95 Å². The van der Waals surface area contributed by atoms with Crippen molar-refractivity contribution in [3.05, 3.63) is 66.9 Å². The van der Waals surface area contributed by atoms with E-state index in [-0.39, 0.29) is 36.8 Å². The molecule has 0 spiro atoms. The first kappa shape index (κ1) is 22.1. The number of ether oxygens (including phenoxy) is 4. The number of nitrogens with zero attached hydrogens (tertiary/aromatic N) is 2. The lowest BCUT2D eigenvalue weighted by atomic mass is 10.1. The second-order valence-electron chi connectivity index (χ2n) is 8.09. The second kappa shape index (κ2) is 10.1. The molecule has 1 aromatic heterocycles. The van der Waals surface area contributed by atoms with Crippen LogP contribution in [0, 0.1) is 0 Å². The normalized spacial score (nSPS) is 23.2. The van der Waals surface area contributed by atoms with Gasteiger partial charge < -0.3 is 29.6 Å². The van der Waals surface area contributed by atoms with Crippen LogP contribution < -0.4 is 20.1 Å². The van der Waals surface area contributed by atoms with Gasteiger partial charge in [-0.1, -0.05) is 30.3 Å². The fourth-order valence-corrected chi connectivity index (χ4v) is 4.26. The van der Waals surface area contributed by atoms with Gasteiger partial charge in [-0.2, -0.15) is 0 Å². The number of hydrogen-bond acceptors (Lipinski definition) is 8. The number of carbonyl (C=O) groups excluding carboxylic acids is 1. The summed E-state index contributed by atoms with van der Waals surface area (Å²) >= 11 is 0. The zero-order chi connectivity index (χ0) is 23.3. The standard InChI is InChI=1S/C25H26N4O5/c1-31-21-10-6-5-9-17(21)18-11-12-26-25(28-18)29-20-14-34-23-19(13-33-24(20)23)27-22(30)15-32-16-7-3-2-4-8-16/h2-12,19-20,23-24H,13-15H2,1H3,(H,27,30)(H,26,28,29)/t19-,20+,23-,24+/m0/s1. The van der Waals surface area contributed by atoms with Crippen molar-refractivity contribution in [2.75, 3.05) is 32.2 Å². The van der Waals surface area contributed by atoms with Crippen LogP contribution in [0.4, 0.5) is 5.95 Å². The summed E-state index contributed by atoms with van der Waals surface area (Å²) in [7, 11) is 1.63. The summed E-state index contributed by atoms with van der Waals surface area (Å²) in [5.41, 5.74) is 1.63. The average molecular weight is 463 g/mol. The summed E-state index contributed by atoms with van der Waals surface area (Å²) in [6, 6.07) is 18.4. The van der Waals surface area contributed by atoms with E-state index in [1.54, 1.807) is 13.3 Å². The minimum absolute atomic E-state index is 0.0663. The van der Waals surface area contributed by atoms with Crippen LogP contribution in [0.3, 0.4) is 0 Å². The maximum atomic E-state index is 12.4. The molecule has 2 aliphatic rings. The highest BCUT2D eigenvalue weighted by Gasteiger charge is 2.48. The Kier molecular flexibility index (Phi) is 6.55. The first-order chi connectivity index (χ1) is 16.7. The van der Waals surface area contributed by atoms with Crippen LogP contribution in [0.1, 0.15) is 0 Å². The van der Waals surface area contributed by atoms with Crippen molar-refractivity contribution in [2.24, 2.45) is 0 Å². The number of fused-ring (bicyclic) bond motifs is 1. The maximum absolute atomic E-state index is 12.4. The number of carbonyl (C=O) groups is 1. The predicted octanol–water partition coefficient (Wildman–Crippen LogP) is 2.29. The third kappa shape index (κ3) is 4.80. The Bertz CT molecular complexity index is 1130. The van der Waals surface area contributed by atoms with Gasteiger partial charge in [0.15, 0.2) is 6.61 Å². The van der Waals surface area contributed by atoms with E-state index in [0.717, 1.165) is 17.0 Å². The van der Waals surface area contributed by atoms with Gasteiger partial charge in [0.05, 0.1) is 38.1 Å². The van der Waals surface area contributed by atoms with Crippen LogP contribution in [0.15, 0.2) is 66.9 Å². The van der Waals surface area contributed by atoms with Gasteiger partial charge in [-0.15, -0.1) is 0 Å². The van der Waals surface area contributed by atoms with Crippen molar-refractivity contribution in [2.45, 2.75) is 24.3 Å². The molecule has 176 valence electrons. The molecule has 2 saturated heterocycles. The molecule has 2 fully saturated rings. The molecule has 9 heteroatoms. The molecule has 0 bridgehead atoms. The highest BCUT2D eigenvalue weighted by molar-refractivity contribution is 5.78. The number of methoxy groups -OCH3 is 1. The van der Waals surface area contributed by atoms with Gasteiger partial charge in [0, 0.05) is 11.8 Å². The van der Waals surface area contributed by atoms with Gasteiger partial charge in [-0.25, -0.2) is 9.97 Å². The number of para-hydroxylation sites is 2. The van der Waals surface area contributed by atoms with Gasteiger partial charge in [0.1, 0.15) is 23.7 Å². The lowest BCUT2D eigenvalue weighted by molar-refractivity contribution is -0.124. The van der Waals surface area contributed by atoms with Crippen molar-refractivity contribution >= 4 is 11.9 Å². The molecule has 2 N–H and O–H groups in total. The minimum Gasteiger partial charge on any atom is -0.496 e. The number of aromatic nitrogens is 2. The topological polar surface area (TPSA) is 104 Å². The summed E-state index contributed by atoms with van der Waals surface area (Å²) in [5, 5.41) is 6.29. The Morgan fingerprint density at radius 1 is 1.00 bits per heavy atom. The molecular weight excluding hydrogens is 436 g/mol. The van der Waals surface area contributed by atoms with E-state index in [0.29, 0.717) is 24.9 Å². The molecule has 9 nitrogen and oxygen atoms in total.